The summed E-state index contributed by atoms with van der Waals surface area (Å²) in [5.74, 6) is 0.226. The van der Waals surface area contributed by atoms with Crippen molar-refractivity contribution in [3.05, 3.63) is 59.7 Å². The van der Waals surface area contributed by atoms with E-state index in [1.54, 1.807) is 13.8 Å². The van der Waals surface area contributed by atoms with Crippen molar-refractivity contribution < 1.29 is 14.3 Å². The van der Waals surface area contributed by atoms with E-state index in [9.17, 15) is 9.59 Å². The number of halogens is 1. The Hall–Kier alpha value is -2.57. The molecule has 0 aliphatic carbocycles. The monoisotopic (exact) mass is 405 g/mol. The Kier molecular flexibility index (Phi) is 8.96. The number of hydrogen-bond donors (Lipinski definition) is 3. The van der Waals surface area contributed by atoms with Crippen LogP contribution in [0.1, 0.15) is 25.0 Å². The van der Waals surface area contributed by atoms with Crippen LogP contribution in [0, 0.1) is 6.92 Å². The standard InChI is InChI=1S/C21H27N3O3.ClH/c1-15-5-4-6-17(13-15)24-19(25)14-27-18-9-7-16(8-10-18)11-12-23-20(26)21(2,3)22;/h4-10,13H,11-12,14,22H2,1-3H3,(H,23,26)(H,24,25);1H. The summed E-state index contributed by atoms with van der Waals surface area (Å²) in [6, 6.07) is 15.0. The molecule has 0 radical (unpaired) electrons. The number of nitrogens with two attached hydrogens (primary N) is 1. The summed E-state index contributed by atoms with van der Waals surface area (Å²) >= 11 is 0. The van der Waals surface area contributed by atoms with Gasteiger partial charge in [-0.15, -0.1) is 12.4 Å². The molecule has 0 aliphatic heterocycles. The first-order chi connectivity index (χ1) is 12.7. The van der Waals surface area contributed by atoms with Crippen molar-refractivity contribution in [2.24, 2.45) is 5.73 Å². The highest BCUT2D eigenvalue weighted by Crippen LogP contribution is 2.13. The molecule has 0 aliphatic rings. The molecule has 152 valence electrons. The van der Waals surface area contributed by atoms with E-state index in [1.807, 2.05) is 55.5 Å². The lowest BCUT2D eigenvalue weighted by molar-refractivity contribution is -0.125. The highest BCUT2D eigenvalue weighted by molar-refractivity contribution is 5.91. The zero-order valence-corrected chi connectivity index (χ0v) is 17.3. The van der Waals surface area contributed by atoms with Crippen LogP contribution in [0.25, 0.3) is 0 Å². The molecule has 2 rings (SSSR count). The van der Waals surface area contributed by atoms with Crippen molar-refractivity contribution in [1.82, 2.24) is 5.32 Å². The molecule has 2 aromatic rings. The van der Waals surface area contributed by atoms with Crippen molar-refractivity contribution >= 4 is 29.9 Å². The second-order valence-corrected chi connectivity index (χ2v) is 7.08. The van der Waals surface area contributed by atoms with E-state index in [0.717, 1.165) is 16.8 Å². The Morgan fingerprint density at radius 1 is 1.11 bits per heavy atom. The smallest absolute Gasteiger partial charge is 0.262 e. The molecule has 0 heterocycles. The first-order valence-electron chi connectivity index (χ1n) is 8.89. The van der Waals surface area contributed by atoms with E-state index in [4.69, 9.17) is 10.5 Å². The Balaban J connectivity index is 0.00000392. The third-order valence-corrected chi connectivity index (χ3v) is 3.88. The largest absolute Gasteiger partial charge is 0.484 e. The van der Waals surface area contributed by atoms with Gasteiger partial charge in [-0.1, -0.05) is 24.3 Å². The summed E-state index contributed by atoms with van der Waals surface area (Å²) < 4.78 is 5.51. The van der Waals surface area contributed by atoms with Gasteiger partial charge in [0.25, 0.3) is 5.91 Å². The first kappa shape index (κ1) is 23.5. The molecule has 0 spiro atoms. The highest BCUT2D eigenvalue weighted by Gasteiger charge is 2.20. The zero-order valence-electron chi connectivity index (χ0n) is 16.5. The van der Waals surface area contributed by atoms with Gasteiger partial charge in [-0.2, -0.15) is 0 Å². The Morgan fingerprint density at radius 3 is 2.39 bits per heavy atom. The number of anilines is 1. The van der Waals surface area contributed by atoms with Crippen LogP contribution in [-0.2, 0) is 16.0 Å². The Labute approximate surface area is 172 Å². The van der Waals surface area contributed by atoms with Crippen LogP contribution in [0.3, 0.4) is 0 Å². The lowest BCUT2D eigenvalue weighted by atomic mass is 10.1. The number of rotatable bonds is 8. The van der Waals surface area contributed by atoms with E-state index in [0.29, 0.717) is 18.7 Å². The van der Waals surface area contributed by atoms with Gasteiger partial charge in [-0.3, -0.25) is 9.59 Å². The van der Waals surface area contributed by atoms with Gasteiger partial charge in [-0.25, -0.2) is 0 Å². The lowest BCUT2D eigenvalue weighted by Crippen LogP contribution is -2.49. The molecule has 2 aromatic carbocycles. The number of aryl methyl sites for hydroxylation is 1. The van der Waals surface area contributed by atoms with E-state index in [2.05, 4.69) is 10.6 Å². The summed E-state index contributed by atoms with van der Waals surface area (Å²) in [6.07, 6.45) is 0.690. The van der Waals surface area contributed by atoms with Gasteiger partial charge in [0.1, 0.15) is 5.75 Å². The van der Waals surface area contributed by atoms with E-state index >= 15 is 0 Å². The third-order valence-electron chi connectivity index (χ3n) is 3.88. The molecular weight excluding hydrogens is 378 g/mol. The minimum Gasteiger partial charge on any atom is -0.484 e. The van der Waals surface area contributed by atoms with Crippen LogP contribution >= 0.6 is 12.4 Å². The van der Waals surface area contributed by atoms with Gasteiger partial charge in [0.2, 0.25) is 5.91 Å². The molecule has 0 unspecified atom stereocenters. The van der Waals surface area contributed by atoms with Gasteiger partial charge in [0, 0.05) is 12.2 Å². The van der Waals surface area contributed by atoms with Crippen molar-refractivity contribution in [2.75, 3.05) is 18.5 Å². The lowest BCUT2D eigenvalue weighted by Gasteiger charge is -2.17. The second-order valence-electron chi connectivity index (χ2n) is 7.08. The van der Waals surface area contributed by atoms with Gasteiger partial charge in [-0.05, 0) is 62.6 Å². The fourth-order valence-corrected chi connectivity index (χ4v) is 2.37. The van der Waals surface area contributed by atoms with Crippen LogP contribution in [0.5, 0.6) is 5.75 Å². The molecule has 4 N–H and O–H groups in total. The average molecular weight is 406 g/mol. The van der Waals surface area contributed by atoms with E-state index < -0.39 is 5.54 Å². The predicted molar refractivity (Wildman–Crippen MR) is 114 cm³/mol. The predicted octanol–water partition coefficient (Wildman–Crippen LogP) is 2.83. The molecule has 0 saturated carbocycles. The summed E-state index contributed by atoms with van der Waals surface area (Å²) in [5, 5.41) is 5.61. The molecule has 2 amide bonds. The molecule has 0 saturated heterocycles. The summed E-state index contributed by atoms with van der Waals surface area (Å²) in [7, 11) is 0. The molecule has 0 fully saturated rings. The number of nitrogens with one attached hydrogen (secondary N) is 2. The number of benzene rings is 2. The van der Waals surface area contributed by atoms with Crippen molar-refractivity contribution in [1.29, 1.82) is 0 Å². The van der Waals surface area contributed by atoms with Crippen molar-refractivity contribution in [3.63, 3.8) is 0 Å². The molecule has 6 nitrogen and oxygen atoms in total. The summed E-state index contributed by atoms with van der Waals surface area (Å²) in [4.78, 5) is 23.7. The van der Waals surface area contributed by atoms with Crippen LogP contribution in [0.15, 0.2) is 48.5 Å². The Bertz CT molecular complexity index is 786. The maximum Gasteiger partial charge on any atom is 0.262 e. The van der Waals surface area contributed by atoms with Crippen LogP contribution in [-0.4, -0.2) is 30.5 Å². The minimum absolute atomic E-state index is 0. The molecule has 0 atom stereocenters. The minimum atomic E-state index is -0.878. The van der Waals surface area contributed by atoms with E-state index in [1.165, 1.54) is 0 Å². The van der Waals surface area contributed by atoms with Crippen molar-refractivity contribution in [3.8, 4) is 5.75 Å². The summed E-state index contributed by atoms with van der Waals surface area (Å²) in [5.41, 5.74) is 7.74. The molecular formula is C21H28ClN3O3. The highest BCUT2D eigenvalue weighted by atomic mass is 35.5. The van der Waals surface area contributed by atoms with Crippen LogP contribution in [0.4, 0.5) is 5.69 Å². The van der Waals surface area contributed by atoms with Gasteiger partial charge in [0.05, 0.1) is 5.54 Å². The fourth-order valence-electron chi connectivity index (χ4n) is 2.37. The molecule has 28 heavy (non-hydrogen) atoms. The molecule has 7 heteroatoms. The second kappa shape index (κ2) is 10.7. The maximum atomic E-state index is 12.0. The zero-order chi connectivity index (χ0) is 19.9. The van der Waals surface area contributed by atoms with Gasteiger partial charge in [0.15, 0.2) is 6.61 Å². The maximum absolute atomic E-state index is 12.0. The molecule has 0 aromatic heterocycles. The van der Waals surface area contributed by atoms with E-state index in [-0.39, 0.29) is 30.8 Å². The number of ether oxygens (including phenoxy) is 1. The van der Waals surface area contributed by atoms with Crippen LogP contribution in [0.2, 0.25) is 0 Å². The fraction of sp³-hybridized carbons (Fsp3) is 0.333. The quantitative estimate of drug-likeness (QED) is 0.629. The number of carbonyl (C=O) groups is 2. The SMILES string of the molecule is Cc1cccc(NC(=O)COc2ccc(CCNC(=O)C(C)(C)N)cc2)c1.Cl. The summed E-state index contributed by atoms with van der Waals surface area (Å²) in [6.45, 7) is 5.76. The Morgan fingerprint density at radius 2 is 1.79 bits per heavy atom. The molecule has 0 bridgehead atoms. The average Bonchev–Trinajstić information content (AvgIpc) is 2.60. The van der Waals surface area contributed by atoms with Crippen molar-refractivity contribution in [2.45, 2.75) is 32.7 Å². The van der Waals surface area contributed by atoms with Gasteiger partial charge < -0.3 is 21.1 Å². The number of amides is 2. The third kappa shape index (κ3) is 7.98. The number of hydrogen-bond acceptors (Lipinski definition) is 4. The first-order valence-corrected chi connectivity index (χ1v) is 8.89. The normalized spacial score (nSPS) is 10.6. The van der Waals surface area contributed by atoms with Crippen LogP contribution < -0.4 is 21.1 Å². The number of carbonyl (C=O) groups excluding carboxylic acids is 2. The topological polar surface area (TPSA) is 93.5 Å². The van der Waals surface area contributed by atoms with Gasteiger partial charge >= 0.3 is 0 Å².